The summed E-state index contributed by atoms with van der Waals surface area (Å²) in [7, 11) is 0. The Hall–Kier alpha value is -1.66. The zero-order chi connectivity index (χ0) is 20.3. The van der Waals surface area contributed by atoms with E-state index in [9.17, 15) is 9.59 Å². The molecule has 0 heterocycles. The van der Waals surface area contributed by atoms with Gasteiger partial charge < -0.3 is 20.1 Å². The Morgan fingerprint density at radius 2 is 1.08 bits per heavy atom. The van der Waals surface area contributed by atoms with Crippen LogP contribution in [-0.4, -0.2) is 50.3 Å². The second-order valence-corrected chi connectivity index (χ2v) is 7.27. The van der Waals surface area contributed by atoms with Crippen LogP contribution in [0.25, 0.3) is 0 Å². The maximum Gasteiger partial charge on any atom is 0.246 e. The van der Waals surface area contributed by atoms with E-state index >= 15 is 0 Å². The number of carbonyl (C=O) groups is 2. The van der Waals surface area contributed by atoms with E-state index in [-0.39, 0.29) is 35.9 Å². The van der Waals surface area contributed by atoms with Gasteiger partial charge in [-0.25, -0.2) is 0 Å². The van der Waals surface area contributed by atoms with Crippen LogP contribution in [0, 0.1) is 11.8 Å². The molecule has 0 aliphatic heterocycles. The van der Waals surface area contributed by atoms with Gasteiger partial charge in [0.05, 0.1) is 25.4 Å². The molecule has 6 nitrogen and oxygen atoms in total. The molecule has 26 heavy (non-hydrogen) atoms. The molecule has 0 aromatic carbocycles. The fourth-order valence-electron chi connectivity index (χ4n) is 1.86. The lowest BCUT2D eigenvalue weighted by Crippen LogP contribution is -2.34. The third kappa shape index (κ3) is 11.1. The predicted octanol–water partition coefficient (Wildman–Crippen LogP) is 2.45. The second kappa shape index (κ2) is 12.7. The molecule has 0 aromatic heterocycles. The monoisotopic (exact) mass is 368 g/mol. The maximum atomic E-state index is 11.5. The lowest BCUT2D eigenvalue weighted by molar-refractivity contribution is -0.118. The average Bonchev–Trinajstić information content (AvgIpc) is 2.59. The molecule has 2 amide bonds. The summed E-state index contributed by atoms with van der Waals surface area (Å²) >= 11 is 0. The first-order valence-electron chi connectivity index (χ1n) is 9.15. The standard InChI is InChI=1S/C20H36N2O4/c1-13(2)19(23)21-9-15(5)11-25-17(7)18(8)26-12-16(6)10-22-20(24)14(3)4/h15-18H,1,3,9-12H2,2,4-8H3,(H,21,23)(H,22,24). The lowest BCUT2D eigenvalue weighted by Gasteiger charge is -2.24. The summed E-state index contributed by atoms with van der Waals surface area (Å²) < 4.78 is 11.7. The molecule has 0 fully saturated rings. The van der Waals surface area contributed by atoms with Crippen LogP contribution in [0.5, 0.6) is 0 Å². The van der Waals surface area contributed by atoms with Crippen LogP contribution in [0.2, 0.25) is 0 Å². The van der Waals surface area contributed by atoms with Gasteiger partial charge >= 0.3 is 0 Å². The normalized spacial score (nSPS) is 15.5. The van der Waals surface area contributed by atoms with E-state index in [2.05, 4.69) is 23.8 Å². The SMILES string of the molecule is C=C(C)C(=O)NCC(C)COC(C)C(C)OCC(C)CNC(=O)C(=C)C. The van der Waals surface area contributed by atoms with Crippen LogP contribution in [-0.2, 0) is 19.1 Å². The molecule has 0 aromatic rings. The summed E-state index contributed by atoms with van der Waals surface area (Å²) in [4.78, 5) is 22.9. The minimum atomic E-state index is -0.130. The Bertz CT molecular complexity index is 446. The number of hydrogen-bond acceptors (Lipinski definition) is 4. The summed E-state index contributed by atoms with van der Waals surface area (Å²) in [6.45, 7) is 20.7. The Morgan fingerprint density at radius 3 is 1.35 bits per heavy atom. The topological polar surface area (TPSA) is 76.7 Å². The Balaban J connectivity index is 3.99. The lowest BCUT2D eigenvalue weighted by atomic mass is 10.1. The second-order valence-electron chi connectivity index (χ2n) is 7.27. The van der Waals surface area contributed by atoms with E-state index in [0.717, 1.165) is 0 Å². The molecule has 0 radical (unpaired) electrons. The zero-order valence-corrected chi connectivity index (χ0v) is 17.2. The van der Waals surface area contributed by atoms with E-state index in [1.54, 1.807) is 13.8 Å². The van der Waals surface area contributed by atoms with E-state index in [4.69, 9.17) is 9.47 Å². The van der Waals surface area contributed by atoms with Crippen molar-refractivity contribution in [1.82, 2.24) is 10.6 Å². The first-order valence-corrected chi connectivity index (χ1v) is 9.15. The molecule has 0 rings (SSSR count). The van der Waals surface area contributed by atoms with Crippen LogP contribution >= 0.6 is 0 Å². The summed E-state index contributed by atoms with van der Waals surface area (Å²) in [5, 5.41) is 5.63. The zero-order valence-electron chi connectivity index (χ0n) is 17.2. The number of carbonyl (C=O) groups excluding carboxylic acids is 2. The highest BCUT2D eigenvalue weighted by Crippen LogP contribution is 2.08. The molecule has 4 atom stereocenters. The Labute approximate surface area is 158 Å². The molecule has 0 bridgehead atoms. The number of rotatable bonds is 13. The molecule has 6 heteroatoms. The minimum Gasteiger partial charge on any atom is -0.375 e. The molecule has 0 spiro atoms. The van der Waals surface area contributed by atoms with Crippen LogP contribution < -0.4 is 10.6 Å². The highest BCUT2D eigenvalue weighted by Gasteiger charge is 2.16. The maximum absolute atomic E-state index is 11.5. The first-order chi connectivity index (χ1) is 12.0. The van der Waals surface area contributed by atoms with Gasteiger partial charge in [-0.15, -0.1) is 0 Å². The van der Waals surface area contributed by atoms with Crippen LogP contribution in [0.3, 0.4) is 0 Å². The van der Waals surface area contributed by atoms with Gasteiger partial charge in [-0.3, -0.25) is 9.59 Å². The van der Waals surface area contributed by atoms with Crippen molar-refractivity contribution in [3.8, 4) is 0 Å². The smallest absolute Gasteiger partial charge is 0.246 e. The van der Waals surface area contributed by atoms with Crippen molar-refractivity contribution in [3.05, 3.63) is 24.3 Å². The van der Waals surface area contributed by atoms with Crippen molar-refractivity contribution < 1.29 is 19.1 Å². The van der Waals surface area contributed by atoms with Gasteiger partial charge in [0, 0.05) is 24.2 Å². The third-order valence-electron chi connectivity index (χ3n) is 3.95. The fraction of sp³-hybridized carbons (Fsp3) is 0.700. The van der Waals surface area contributed by atoms with E-state index in [1.807, 2.05) is 27.7 Å². The number of hydrogen-bond donors (Lipinski definition) is 2. The average molecular weight is 369 g/mol. The van der Waals surface area contributed by atoms with E-state index < -0.39 is 0 Å². The molecule has 4 unspecified atom stereocenters. The van der Waals surface area contributed by atoms with Gasteiger partial charge in [0.1, 0.15) is 0 Å². The summed E-state index contributed by atoms with van der Waals surface area (Å²) in [5.74, 6) is 0.136. The van der Waals surface area contributed by atoms with Gasteiger partial charge in [-0.1, -0.05) is 27.0 Å². The highest BCUT2D eigenvalue weighted by molar-refractivity contribution is 5.92. The molecular formula is C20H36N2O4. The van der Waals surface area contributed by atoms with Gasteiger partial charge in [0.2, 0.25) is 11.8 Å². The van der Waals surface area contributed by atoms with Gasteiger partial charge in [-0.05, 0) is 39.5 Å². The van der Waals surface area contributed by atoms with E-state index in [0.29, 0.717) is 37.4 Å². The minimum absolute atomic E-state index is 0.0634. The van der Waals surface area contributed by atoms with E-state index in [1.165, 1.54) is 0 Å². The molecule has 0 aliphatic carbocycles. The van der Waals surface area contributed by atoms with Crippen molar-refractivity contribution in [2.45, 2.75) is 53.8 Å². The largest absolute Gasteiger partial charge is 0.375 e. The number of ether oxygens (including phenoxy) is 2. The summed E-state index contributed by atoms with van der Waals surface area (Å²) in [6, 6.07) is 0. The van der Waals surface area contributed by atoms with Crippen LogP contribution in [0.15, 0.2) is 24.3 Å². The van der Waals surface area contributed by atoms with Crippen molar-refractivity contribution in [2.75, 3.05) is 26.3 Å². The summed E-state index contributed by atoms with van der Waals surface area (Å²) in [6.07, 6.45) is -0.127. The molecule has 2 N–H and O–H groups in total. The number of nitrogens with one attached hydrogen (secondary N) is 2. The van der Waals surface area contributed by atoms with Gasteiger partial charge in [-0.2, -0.15) is 0 Å². The molecule has 0 aliphatic rings. The molecule has 0 saturated carbocycles. The third-order valence-corrected chi connectivity index (χ3v) is 3.95. The van der Waals surface area contributed by atoms with Crippen molar-refractivity contribution in [2.24, 2.45) is 11.8 Å². The van der Waals surface area contributed by atoms with Gasteiger partial charge in [0.15, 0.2) is 0 Å². The van der Waals surface area contributed by atoms with Crippen molar-refractivity contribution in [1.29, 1.82) is 0 Å². The fourth-order valence-corrected chi connectivity index (χ4v) is 1.86. The predicted molar refractivity (Wildman–Crippen MR) is 105 cm³/mol. The van der Waals surface area contributed by atoms with Gasteiger partial charge in [0.25, 0.3) is 0 Å². The molecule has 0 saturated heterocycles. The molecule has 150 valence electrons. The van der Waals surface area contributed by atoms with Crippen molar-refractivity contribution in [3.63, 3.8) is 0 Å². The van der Waals surface area contributed by atoms with Crippen LogP contribution in [0.4, 0.5) is 0 Å². The van der Waals surface area contributed by atoms with Crippen molar-refractivity contribution >= 4 is 11.8 Å². The Morgan fingerprint density at radius 1 is 0.769 bits per heavy atom. The quantitative estimate of drug-likeness (QED) is 0.490. The summed E-state index contributed by atoms with van der Waals surface area (Å²) in [5.41, 5.74) is 1.00. The molecular weight excluding hydrogens is 332 g/mol. The van der Waals surface area contributed by atoms with Crippen LogP contribution in [0.1, 0.15) is 41.5 Å². The number of amides is 2. The highest BCUT2D eigenvalue weighted by atomic mass is 16.5. The Kier molecular flexibility index (Phi) is 11.8. The first kappa shape index (κ1) is 24.3.